The van der Waals surface area contributed by atoms with Crippen LogP contribution in [0.4, 0.5) is 0 Å². The first-order valence-electron chi connectivity index (χ1n) is 7.14. The number of halogens is 1. The summed E-state index contributed by atoms with van der Waals surface area (Å²) in [6.45, 7) is 6.06. The summed E-state index contributed by atoms with van der Waals surface area (Å²) in [5.41, 5.74) is 3.05. The van der Waals surface area contributed by atoms with Crippen molar-refractivity contribution in [3.8, 4) is 0 Å². The standard InChI is InChI=1S/C17H21ClN2O/c1-13(2)19-10-16-7-4-8-17(20-16)12-21-11-14-5-3-6-15(18)9-14/h3-9,13,19H,10-12H2,1-2H3. The molecule has 2 aromatic rings. The minimum atomic E-state index is 0.453. The summed E-state index contributed by atoms with van der Waals surface area (Å²) in [4.78, 5) is 4.58. The third kappa shape index (κ3) is 5.84. The normalized spacial score (nSPS) is 11.0. The molecule has 0 saturated heterocycles. The molecule has 0 amide bonds. The Morgan fingerprint density at radius 1 is 1.10 bits per heavy atom. The van der Waals surface area contributed by atoms with Gasteiger partial charge in [-0.05, 0) is 29.8 Å². The highest BCUT2D eigenvalue weighted by Crippen LogP contribution is 2.12. The summed E-state index contributed by atoms with van der Waals surface area (Å²) in [5.74, 6) is 0. The van der Waals surface area contributed by atoms with E-state index in [0.29, 0.717) is 19.3 Å². The van der Waals surface area contributed by atoms with Gasteiger partial charge in [0, 0.05) is 17.6 Å². The number of hydrogen-bond acceptors (Lipinski definition) is 3. The lowest BCUT2D eigenvalue weighted by Crippen LogP contribution is -2.22. The summed E-state index contributed by atoms with van der Waals surface area (Å²) >= 11 is 5.95. The molecule has 0 atom stereocenters. The number of nitrogens with zero attached hydrogens (tertiary/aromatic N) is 1. The van der Waals surface area contributed by atoms with E-state index in [4.69, 9.17) is 16.3 Å². The van der Waals surface area contributed by atoms with Crippen molar-refractivity contribution in [1.82, 2.24) is 10.3 Å². The first kappa shape index (κ1) is 16.0. The quantitative estimate of drug-likeness (QED) is 0.841. The zero-order chi connectivity index (χ0) is 15.1. The molecule has 3 nitrogen and oxygen atoms in total. The lowest BCUT2D eigenvalue weighted by atomic mass is 10.2. The smallest absolute Gasteiger partial charge is 0.0892 e. The Labute approximate surface area is 131 Å². The Morgan fingerprint density at radius 2 is 1.86 bits per heavy atom. The van der Waals surface area contributed by atoms with Crippen molar-refractivity contribution >= 4 is 11.6 Å². The van der Waals surface area contributed by atoms with Gasteiger partial charge in [0.1, 0.15) is 0 Å². The lowest BCUT2D eigenvalue weighted by molar-refractivity contribution is 0.104. The molecule has 0 aliphatic heterocycles. The Kier molecular flexibility index (Phi) is 6.18. The molecule has 112 valence electrons. The van der Waals surface area contributed by atoms with Crippen LogP contribution in [0.3, 0.4) is 0 Å². The van der Waals surface area contributed by atoms with E-state index in [-0.39, 0.29) is 0 Å². The minimum Gasteiger partial charge on any atom is -0.370 e. The van der Waals surface area contributed by atoms with Crippen molar-refractivity contribution in [2.24, 2.45) is 0 Å². The molecule has 1 N–H and O–H groups in total. The maximum atomic E-state index is 5.95. The van der Waals surface area contributed by atoms with Gasteiger partial charge in [0.25, 0.3) is 0 Å². The average molecular weight is 305 g/mol. The van der Waals surface area contributed by atoms with Crippen LogP contribution in [-0.4, -0.2) is 11.0 Å². The maximum absolute atomic E-state index is 5.95. The van der Waals surface area contributed by atoms with E-state index in [0.717, 1.165) is 28.5 Å². The first-order valence-corrected chi connectivity index (χ1v) is 7.51. The fourth-order valence-corrected chi connectivity index (χ4v) is 2.13. The molecular weight excluding hydrogens is 284 g/mol. The highest BCUT2D eigenvalue weighted by atomic mass is 35.5. The number of aromatic nitrogens is 1. The SMILES string of the molecule is CC(C)NCc1cccc(COCc2cccc(Cl)c2)n1. The molecular formula is C17H21ClN2O. The second-order valence-electron chi connectivity index (χ2n) is 5.28. The van der Waals surface area contributed by atoms with Crippen molar-refractivity contribution < 1.29 is 4.74 Å². The average Bonchev–Trinajstić information content (AvgIpc) is 2.46. The van der Waals surface area contributed by atoms with Gasteiger partial charge in [-0.3, -0.25) is 4.98 Å². The summed E-state index contributed by atoms with van der Waals surface area (Å²) in [5, 5.41) is 4.09. The molecule has 4 heteroatoms. The van der Waals surface area contributed by atoms with Crippen LogP contribution in [0.2, 0.25) is 5.02 Å². The van der Waals surface area contributed by atoms with E-state index in [9.17, 15) is 0 Å². The van der Waals surface area contributed by atoms with Crippen LogP contribution in [0.25, 0.3) is 0 Å². The molecule has 0 unspecified atom stereocenters. The molecule has 2 rings (SSSR count). The van der Waals surface area contributed by atoms with Gasteiger partial charge in [0.05, 0.1) is 24.6 Å². The van der Waals surface area contributed by atoms with Crippen molar-refractivity contribution in [2.45, 2.75) is 39.6 Å². The largest absolute Gasteiger partial charge is 0.370 e. The van der Waals surface area contributed by atoms with Crippen LogP contribution in [0.1, 0.15) is 30.8 Å². The molecule has 1 aromatic carbocycles. The van der Waals surface area contributed by atoms with Crippen LogP contribution < -0.4 is 5.32 Å². The Hall–Kier alpha value is -1.42. The minimum absolute atomic E-state index is 0.453. The van der Waals surface area contributed by atoms with Crippen LogP contribution in [0.5, 0.6) is 0 Å². The van der Waals surface area contributed by atoms with Gasteiger partial charge in [-0.1, -0.05) is 43.6 Å². The molecule has 0 bridgehead atoms. The number of hydrogen-bond donors (Lipinski definition) is 1. The zero-order valence-electron chi connectivity index (χ0n) is 12.5. The van der Waals surface area contributed by atoms with Gasteiger partial charge < -0.3 is 10.1 Å². The van der Waals surface area contributed by atoms with Crippen LogP contribution in [0.15, 0.2) is 42.5 Å². The van der Waals surface area contributed by atoms with Crippen LogP contribution >= 0.6 is 11.6 Å². The number of pyridine rings is 1. The lowest BCUT2D eigenvalue weighted by Gasteiger charge is -2.09. The van der Waals surface area contributed by atoms with Crippen molar-refractivity contribution in [3.05, 3.63) is 64.4 Å². The Bertz CT molecular complexity index is 572. The second kappa shape index (κ2) is 8.13. The Balaban J connectivity index is 1.84. The maximum Gasteiger partial charge on any atom is 0.0892 e. The van der Waals surface area contributed by atoms with Crippen LogP contribution in [0, 0.1) is 0 Å². The zero-order valence-corrected chi connectivity index (χ0v) is 13.2. The van der Waals surface area contributed by atoms with Gasteiger partial charge in [0.15, 0.2) is 0 Å². The number of rotatable bonds is 7. The fourth-order valence-electron chi connectivity index (χ4n) is 1.92. The summed E-state index contributed by atoms with van der Waals surface area (Å²) in [6, 6.07) is 14.2. The van der Waals surface area contributed by atoms with Crippen LogP contribution in [-0.2, 0) is 24.5 Å². The highest BCUT2D eigenvalue weighted by Gasteiger charge is 2.01. The van der Waals surface area contributed by atoms with Gasteiger partial charge in [0.2, 0.25) is 0 Å². The third-order valence-electron chi connectivity index (χ3n) is 2.96. The molecule has 0 fully saturated rings. The molecule has 0 aliphatic carbocycles. The molecule has 21 heavy (non-hydrogen) atoms. The predicted molar refractivity (Wildman–Crippen MR) is 86.2 cm³/mol. The fraction of sp³-hybridized carbons (Fsp3) is 0.353. The van der Waals surface area contributed by atoms with E-state index in [1.165, 1.54) is 0 Å². The second-order valence-corrected chi connectivity index (χ2v) is 5.72. The molecule has 0 radical (unpaired) electrons. The number of nitrogens with one attached hydrogen (secondary N) is 1. The third-order valence-corrected chi connectivity index (χ3v) is 3.20. The highest BCUT2D eigenvalue weighted by molar-refractivity contribution is 6.30. The van der Waals surface area contributed by atoms with Crippen molar-refractivity contribution in [1.29, 1.82) is 0 Å². The van der Waals surface area contributed by atoms with E-state index in [1.54, 1.807) is 0 Å². The monoisotopic (exact) mass is 304 g/mol. The van der Waals surface area contributed by atoms with E-state index in [2.05, 4.69) is 24.1 Å². The molecule has 0 aliphatic rings. The van der Waals surface area contributed by atoms with Gasteiger partial charge in [-0.15, -0.1) is 0 Å². The van der Waals surface area contributed by atoms with Gasteiger partial charge in [-0.2, -0.15) is 0 Å². The summed E-state index contributed by atoms with van der Waals surface area (Å²) in [6.07, 6.45) is 0. The number of benzene rings is 1. The molecule has 0 spiro atoms. The Morgan fingerprint density at radius 3 is 2.62 bits per heavy atom. The van der Waals surface area contributed by atoms with E-state index in [1.807, 2.05) is 42.5 Å². The van der Waals surface area contributed by atoms with Gasteiger partial charge >= 0.3 is 0 Å². The number of ether oxygens (including phenoxy) is 1. The predicted octanol–water partition coefficient (Wildman–Crippen LogP) is 3.95. The van der Waals surface area contributed by atoms with Crippen molar-refractivity contribution in [3.63, 3.8) is 0 Å². The van der Waals surface area contributed by atoms with Gasteiger partial charge in [-0.25, -0.2) is 0 Å². The molecule has 1 heterocycles. The summed E-state index contributed by atoms with van der Waals surface area (Å²) < 4.78 is 5.70. The van der Waals surface area contributed by atoms with E-state index < -0.39 is 0 Å². The summed E-state index contributed by atoms with van der Waals surface area (Å²) in [7, 11) is 0. The molecule has 1 aromatic heterocycles. The topological polar surface area (TPSA) is 34.1 Å². The first-order chi connectivity index (χ1) is 10.1. The van der Waals surface area contributed by atoms with Crippen molar-refractivity contribution in [2.75, 3.05) is 0 Å². The molecule has 0 saturated carbocycles. The van der Waals surface area contributed by atoms with E-state index >= 15 is 0 Å².